The zero-order chi connectivity index (χ0) is 24.9. The van der Waals surface area contributed by atoms with Crippen molar-refractivity contribution in [2.24, 2.45) is 0 Å². The molecule has 0 N–H and O–H groups in total. The van der Waals surface area contributed by atoms with E-state index in [0.717, 1.165) is 17.3 Å². The molecule has 3 aromatic carbocycles. The number of ether oxygens (including phenoxy) is 2. The standard InChI is InChI=1S/C26H20ClFINO4S/c1-2-33-22-12-17(11-21(29)24(22)34-15-18-19(27)9-6-10-20(18)28)13-23-25(31)30(26(32)35-23)14-16-7-4-3-5-8-16/h3-13H,2,14-15H2,1H3/b23-13-. The third-order valence-electron chi connectivity index (χ3n) is 5.11. The zero-order valence-electron chi connectivity index (χ0n) is 18.6. The second-order valence-corrected chi connectivity index (χ2v) is 10.1. The smallest absolute Gasteiger partial charge is 0.293 e. The summed E-state index contributed by atoms with van der Waals surface area (Å²) in [6.07, 6.45) is 1.66. The van der Waals surface area contributed by atoms with Crippen molar-refractivity contribution in [2.45, 2.75) is 20.1 Å². The van der Waals surface area contributed by atoms with Crippen LogP contribution >= 0.6 is 46.0 Å². The van der Waals surface area contributed by atoms with Crippen molar-refractivity contribution >= 4 is 63.2 Å². The highest BCUT2D eigenvalue weighted by Gasteiger charge is 2.35. The van der Waals surface area contributed by atoms with Gasteiger partial charge in [-0.1, -0.05) is 48.0 Å². The molecule has 0 bridgehead atoms. The van der Waals surface area contributed by atoms with Crippen molar-refractivity contribution in [2.75, 3.05) is 6.61 Å². The molecule has 0 saturated carbocycles. The number of nitrogens with zero attached hydrogens (tertiary/aromatic N) is 1. The largest absolute Gasteiger partial charge is 0.490 e. The molecule has 0 unspecified atom stereocenters. The Morgan fingerprint density at radius 1 is 1.09 bits per heavy atom. The Morgan fingerprint density at radius 3 is 2.57 bits per heavy atom. The van der Waals surface area contributed by atoms with E-state index in [2.05, 4.69) is 22.6 Å². The molecular formula is C26H20ClFINO4S. The van der Waals surface area contributed by atoms with Crippen molar-refractivity contribution in [1.82, 2.24) is 4.90 Å². The van der Waals surface area contributed by atoms with Gasteiger partial charge in [0.15, 0.2) is 11.5 Å². The van der Waals surface area contributed by atoms with E-state index in [4.69, 9.17) is 21.1 Å². The molecule has 1 heterocycles. The fourth-order valence-electron chi connectivity index (χ4n) is 3.44. The van der Waals surface area contributed by atoms with Gasteiger partial charge in [-0.2, -0.15) is 0 Å². The molecule has 5 nitrogen and oxygen atoms in total. The Bertz CT molecular complexity index is 1280. The van der Waals surface area contributed by atoms with Crippen molar-refractivity contribution in [3.05, 3.63) is 96.7 Å². The lowest BCUT2D eigenvalue weighted by Crippen LogP contribution is -2.27. The first kappa shape index (κ1) is 25.5. The van der Waals surface area contributed by atoms with Gasteiger partial charge in [0, 0.05) is 5.56 Å². The number of hydrogen-bond donors (Lipinski definition) is 0. The quantitative estimate of drug-likeness (QED) is 0.195. The van der Waals surface area contributed by atoms with Crippen LogP contribution in [0.2, 0.25) is 5.02 Å². The minimum Gasteiger partial charge on any atom is -0.490 e. The normalized spacial score (nSPS) is 14.6. The van der Waals surface area contributed by atoms with E-state index in [-0.39, 0.29) is 34.9 Å². The van der Waals surface area contributed by atoms with Crippen LogP contribution in [0, 0.1) is 9.39 Å². The van der Waals surface area contributed by atoms with E-state index in [0.29, 0.717) is 32.1 Å². The van der Waals surface area contributed by atoms with Crippen molar-refractivity contribution in [3.63, 3.8) is 0 Å². The molecule has 3 aromatic rings. The molecule has 0 aromatic heterocycles. The van der Waals surface area contributed by atoms with Crippen molar-refractivity contribution < 1.29 is 23.5 Å². The molecule has 0 aliphatic carbocycles. The molecule has 2 amide bonds. The Kier molecular flexibility index (Phi) is 8.35. The van der Waals surface area contributed by atoms with Gasteiger partial charge in [0.2, 0.25) is 0 Å². The van der Waals surface area contributed by atoms with E-state index >= 15 is 0 Å². The van der Waals surface area contributed by atoms with E-state index in [9.17, 15) is 14.0 Å². The summed E-state index contributed by atoms with van der Waals surface area (Å²) in [5.41, 5.74) is 1.81. The number of carbonyl (C=O) groups excluding carboxylic acids is 2. The Morgan fingerprint density at radius 2 is 1.86 bits per heavy atom. The first-order valence-electron chi connectivity index (χ1n) is 10.7. The average molecular weight is 624 g/mol. The summed E-state index contributed by atoms with van der Waals surface area (Å²) in [4.78, 5) is 27.0. The molecule has 0 spiro atoms. The fourth-order valence-corrected chi connectivity index (χ4v) is 5.28. The summed E-state index contributed by atoms with van der Waals surface area (Å²) in [6.45, 7) is 2.37. The number of imide groups is 1. The number of rotatable bonds is 8. The van der Waals surface area contributed by atoms with E-state index in [1.807, 2.05) is 43.3 Å². The highest BCUT2D eigenvalue weighted by atomic mass is 127. The summed E-state index contributed by atoms with van der Waals surface area (Å²) >= 11 is 9.12. The number of halogens is 3. The third kappa shape index (κ3) is 5.99. The highest BCUT2D eigenvalue weighted by molar-refractivity contribution is 14.1. The van der Waals surface area contributed by atoms with Crippen LogP contribution in [-0.4, -0.2) is 22.7 Å². The lowest BCUT2D eigenvalue weighted by Gasteiger charge is -2.16. The van der Waals surface area contributed by atoms with Crippen LogP contribution in [0.1, 0.15) is 23.6 Å². The SMILES string of the molecule is CCOc1cc(/C=C2\SC(=O)N(Cc3ccccc3)C2=O)cc(I)c1OCc1c(F)cccc1Cl. The minimum absolute atomic E-state index is 0.0701. The lowest BCUT2D eigenvalue weighted by molar-refractivity contribution is -0.123. The van der Waals surface area contributed by atoms with Crippen molar-refractivity contribution in [1.29, 1.82) is 0 Å². The molecule has 4 rings (SSSR count). The highest BCUT2D eigenvalue weighted by Crippen LogP contribution is 2.38. The van der Waals surface area contributed by atoms with Crippen LogP contribution in [0.25, 0.3) is 6.08 Å². The minimum atomic E-state index is -0.451. The summed E-state index contributed by atoms with van der Waals surface area (Å²) in [5.74, 6) is 0.0994. The first-order valence-corrected chi connectivity index (χ1v) is 13.0. The maximum Gasteiger partial charge on any atom is 0.293 e. The summed E-state index contributed by atoms with van der Waals surface area (Å²) < 4.78 is 26.5. The first-order chi connectivity index (χ1) is 16.9. The second-order valence-electron chi connectivity index (χ2n) is 7.51. The maximum absolute atomic E-state index is 14.2. The van der Waals surface area contributed by atoms with Gasteiger partial charge in [-0.05, 0) is 82.7 Å². The number of benzene rings is 3. The van der Waals surface area contributed by atoms with E-state index in [1.54, 1.807) is 18.2 Å². The van der Waals surface area contributed by atoms with Crippen molar-refractivity contribution in [3.8, 4) is 11.5 Å². The number of thioether (sulfide) groups is 1. The van der Waals surface area contributed by atoms with Gasteiger partial charge >= 0.3 is 0 Å². The molecule has 1 aliphatic rings. The molecule has 180 valence electrons. The molecule has 35 heavy (non-hydrogen) atoms. The van der Waals surface area contributed by atoms with Gasteiger partial charge in [0.1, 0.15) is 12.4 Å². The van der Waals surface area contributed by atoms with Crippen LogP contribution < -0.4 is 9.47 Å². The van der Waals surface area contributed by atoms with Gasteiger partial charge < -0.3 is 9.47 Å². The van der Waals surface area contributed by atoms with Gasteiger partial charge in [0.05, 0.1) is 26.6 Å². The average Bonchev–Trinajstić information content (AvgIpc) is 3.08. The zero-order valence-corrected chi connectivity index (χ0v) is 22.3. The maximum atomic E-state index is 14.2. The van der Waals surface area contributed by atoms with Crippen LogP contribution in [0.4, 0.5) is 9.18 Å². The van der Waals surface area contributed by atoms with E-state index < -0.39 is 5.82 Å². The van der Waals surface area contributed by atoms with Crippen LogP contribution in [-0.2, 0) is 17.9 Å². The van der Waals surface area contributed by atoms with Crippen LogP contribution in [0.15, 0.2) is 65.6 Å². The van der Waals surface area contributed by atoms with Crippen LogP contribution in [0.3, 0.4) is 0 Å². The summed E-state index contributed by atoms with van der Waals surface area (Å²) in [5, 5.41) is -0.0348. The molecule has 0 radical (unpaired) electrons. The number of amides is 2. The van der Waals surface area contributed by atoms with Gasteiger partial charge in [0.25, 0.3) is 11.1 Å². The summed E-state index contributed by atoms with van der Waals surface area (Å²) in [7, 11) is 0. The summed E-state index contributed by atoms with van der Waals surface area (Å²) in [6, 6.07) is 17.4. The number of carbonyl (C=O) groups is 2. The Labute approximate surface area is 225 Å². The monoisotopic (exact) mass is 623 g/mol. The van der Waals surface area contributed by atoms with E-state index in [1.165, 1.54) is 17.0 Å². The molecule has 9 heteroatoms. The third-order valence-corrected chi connectivity index (χ3v) is 7.17. The fraction of sp³-hybridized carbons (Fsp3) is 0.154. The predicted molar refractivity (Wildman–Crippen MR) is 144 cm³/mol. The van der Waals surface area contributed by atoms with Gasteiger partial charge in [-0.25, -0.2) is 4.39 Å². The number of hydrogen-bond acceptors (Lipinski definition) is 5. The lowest BCUT2D eigenvalue weighted by atomic mass is 10.1. The predicted octanol–water partition coefficient (Wildman–Crippen LogP) is 7.30. The molecular weight excluding hydrogens is 604 g/mol. The molecule has 0 atom stereocenters. The van der Waals surface area contributed by atoms with Gasteiger partial charge in [-0.3, -0.25) is 14.5 Å². The second kappa shape index (κ2) is 11.5. The Balaban J connectivity index is 1.57. The molecule has 1 fully saturated rings. The Hall–Kier alpha value is -2.56. The van der Waals surface area contributed by atoms with Crippen LogP contribution in [0.5, 0.6) is 11.5 Å². The molecule has 1 saturated heterocycles. The molecule has 1 aliphatic heterocycles. The topological polar surface area (TPSA) is 55.8 Å². The van der Waals surface area contributed by atoms with Gasteiger partial charge in [-0.15, -0.1) is 0 Å².